The van der Waals surface area contributed by atoms with Crippen molar-refractivity contribution in [3.8, 4) is 0 Å². The quantitative estimate of drug-likeness (QED) is 0.691. The SMILES string of the molecule is CCC(CCC1CCC(C2CC(=O)O2)CC1)C(C)=O. The van der Waals surface area contributed by atoms with E-state index in [4.69, 9.17) is 4.74 Å². The fraction of sp³-hybridized carbons (Fsp3) is 0.875. The largest absolute Gasteiger partial charge is 0.461 e. The Morgan fingerprint density at radius 1 is 1.32 bits per heavy atom. The average molecular weight is 266 g/mol. The van der Waals surface area contributed by atoms with Crippen LogP contribution in [0.3, 0.4) is 0 Å². The second kappa shape index (κ2) is 6.53. The van der Waals surface area contributed by atoms with Gasteiger partial charge in [0.05, 0.1) is 6.42 Å². The van der Waals surface area contributed by atoms with Gasteiger partial charge in [-0.25, -0.2) is 0 Å². The predicted molar refractivity (Wildman–Crippen MR) is 73.6 cm³/mol. The fourth-order valence-electron chi connectivity index (χ4n) is 3.57. The minimum atomic E-state index is -0.0284. The smallest absolute Gasteiger partial charge is 0.309 e. The average Bonchev–Trinajstić information content (AvgIpc) is 2.36. The maximum atomic E-state index is 11.4. The van der Waals surface area contributed by atoms with Crippen molar-refractivity contribution in [2.75, 3.05) is 0 Å². The maximum absolute atomic E-state index is 11.4. The van der Waals surface area contributed by atoms with E-state index in [-0.39, 0.29) is 18.0 Å². The summed E-state index contributed by atoms with van der Waals surface area (Å²) in [6.07, 6.45) is 8.95. The molecule has 0 amide bonds. The predicted octanol–water partition coefficient (Wildman–Crippen LogP) is 3.50. The Morgan fingerprint density at radius 3 is 2.42 bits per heavy atom. The van der Waals surface area contributed by atoms with Gasteiger partial charge in [-0.3, -0.25) is 9.59 Å². The van der Waals surface area contributed by atoms with E-state index in [0.29, 0.717) is 18.1 Å². The molecule has 19 heavy (non-hydrogen) atoms. The molecule has 1 aliphatic carbocycles. The van der Waals surface area contributed by atoms with Gasteiger partial charge in [0.15, 0.2) is 0 Å². The van der Waals surface area contributed by atoms with Crippen LogP contribution in [0.25, 0.3) is 0 Å². The van der Waals surface area contributed by atoms with Crippen LogP contribution in [0.4, 0.5) is 0 Å². The lowest BCUT2D eigenvalue weighted by Gasteiger charge is -2.37. The molecule has 0 aromatic rings. The zero-order valence-electron chi connectivity index (χ0n) is 12.2. The summed E-state index contributed by atoms with van der Waals surface area (Å²) in [5.41, 5.74) is 0. The standard InChI is InChI=1S/C16H26O3/c1-3-13(11(2)17)7-4-12-5-8-14(9-6-12)15-10-16(18)19-15/h12-15H,3-10H2,1-2H3. The molecule has 1 saturated carbocycles. The zero-order valence-corrected chi connectivity index (χ0v) is 12.2. The first-order valence-corrected chi connectivity index (χ1v) is 7.80. The van der Waals surface area contributed by atoms with Gasteiger partial charge in [-0.15, -0.1) is 0 Å². The maximum Gasteiger partial charge on any atom is 0.309 e. The number of rotatable bonds is 6. The van der Waals surface area contributed by atoms with E-state index in [9.17, 15) is 9.59 Å². The first-order valence-electron chi connectivity index (χ1n) is 7.80. The Bertz CT molecular complexity index is 321. The lowest BCUT2D eigenvalue weighted by Crippen LogP contribution is -2.40. The molecule has 0 radical (unpaired) electrons. The molecule has 108 valence electrons. The highest BCUT2D eigenvalue weighted by atomic mass is 16.6. The van der Waals surface area contributed by atoms with E-state index in [1.807, 2.05) is 0 Å². The van der Waals surface area contributed by atoms with E-state index in [0.717, 1.165) is 18.8 Å². The van der Waals surface area contributed by atoms with Crippen molar-refractivity contribution in [1.82, 2.24) is 0 Å². The van der Waals surface area contributed by atoms with Crippen LogP contribution >= 0.6 is 0 Å². The van der Waals surface area contributed by atoms with Gasteiger partial charge in [0.2, 0.25) is 0 Å². The molecular formula is C16H26O3. The van der Waals surface area contributed by atoms with Crippen molar-refractivity contribution in [2.45, 2.75) is 71.3 Å². The Morgan fingerprint density at radius 2 is 1.95 bits per heavy atom. The van der Waals surface area contributed by atoms with E-state index in [1.54, 1.807) is 6.92 Å². The normalized spacial score (nSPS) is 32.3. The van der Waals surface area contributed by atoms with Gasteiger partial charge in [-0.1, -0.05) is 19.8 Å². The van der Waals surface area contributed by atoms with Crippen molar-refractivity contribution >= 4 is 11.8 Å². The number of Topliss-reactive ketones (excluding diaryl/α,β-unsaturated/α-hetero) is 1. The minimum Gasteiger partial charge on any atom is -0.461 e. The van der Waals surface area contributed by atoms with Crippen LogP contribution in [0.1, 0.15) is 65.2 Å². The number of esters is 1. The molecule has 2 aliphatic rings. The highest BCUT2D eigenvalue weighted by Crippen LogP contribution is 2.38. The highest BCUT2D eigenvalue weighted by molar-refractivity contribution is 5.78. The van der Waals surface area contributed by atoms with E-state index in [1.165, 1.54) is 32.1 Å². The topological polar surface area (TPSA) is 43.4 Å². The minimum absolute atomic E-state index is 0.0284. The molecule has 0 aromatic heterocycles. The first kappa shape index (κ1) is 14.5. The molecule has 3 heteroatoms. The van der Waals surface area contributed by atoms with Crippen molar-refractivity contribution in [3.05, 3.63) is 0 Å². The number of hydrogen-bond donors (Lipinski definition) is 0. The molecule has 3 nitrogen and oxygen atoms in total. The van der Waals surface area contributed by atoms with Crippen molar-refractivity contribution < 1.29 is 14.3 Å². The van der Waals surface area contributed by atoms with E-state index in [2.05, 4.69) is 6.92 Å². The van der Waals surface area contributed by atoms with Crippen molar-refractivity contribution in [3.63, 3.8) is 0 Å². The molecule has 0 spiro atoms. The van der Waals surface area contributed by atoms with Crippen molar-refractivity contribution in [1.29, 1.82) is 0 Å². The Labute approximate surface area is 116 Å². The molecule has 1 aliphatic heterocycles. The molecular weight excluding hydrogens is 240 g/mol. The molecule has 2 atom stereocenters. The van der Waals surface area contributed by atoms with Crippen molar-refractivity contribution in [2.24, 2.45) is 17.8 Å². The summed E-state index contributed by atoms with van der Waals surface area (Å²) in [4.78, 5) is 22.3. The van der Waals surface area contributed by atoms with Crippen LogP contribution in [-0.4, -0.2) is 17.9 Å². The third kappa shape index (κ3) is 3.80. The van der Waals surface area contributed by atoms with Crippen LogP contribution in [0.2, 0.25) is 0 Å². The second-order valence-electron chi connectivity index (χ2n) is 6.31. The summed E-state index contributed by atoms with van der Waals surface area (Å²) < 4.78 is 5.18. The number of hydrogen-bond acceptors (Lipinski definition) is 3. The Kier molecular flexibility index (Phi) is 5.00. The third-order valence-corrected chi connectivity index (χ3v) is 5.06. The summed E-state index contributed by atoms with van der Waals surface area (Å²) >= 11 is 0. The molecule has 1 heterocycles. The van der Waals surface area contributed by atoms with Crippen LogP contribution in [0, 0.1) is 17.8 Å². The molecule has 0 aromatic carbocycles. The third-order valence-electron chi connectivity index (χ3n) is 5.06. The summed E-state index contributed by atoms with van der Waals surface area (Å²) in [7, 11) is 0. The zero-order chi connectivity index (χ0) is 13.8. The van der Waals surface area contributed by atoms with Gasteiger partial charge < -0.3 is 4.74 Å². The van der Waals surface area contributed by atoms with Crippen LogP contribution in [0.15, 0.2) is 0 Å². The molecule has 0 N–H and O–H groups in total. The summed E-state index contributed by atoms with van der Waals surface area (Å²) in [5, 5.41) is 0. The molecule has 1 saturated heterocycles. The lowest BCUT2D eigenvalue weighted by molar-refractivity contribution is -0.176. The van der Waals surface area contributed by atoms with E-state index < -0.39 is 0 Å². The first-order chi connectivity index (χ1) is 9.10. The highest BCUT2D eigenvalue weighted by Gasteiger charge is 2.37. The van der Waals surface area contributed by atoms with Crippen LogP contribution in [-0.2, 0) is 14.3 Å². The summed E-state index contributed by atoms with van der Waals surface area (Å²) in [5.74, 6) is 1.96. The van der Waals surface area contributed by atoms with Gasteiger partial charge in [0.25, 0.3) is 0 Å². The molecule has 2 rings (SSSR count). The van der Waals surface area contributed by atoms with Crippen LogP contribution in [0.5, 0.6) is 0 Å². The fourth-order valence-corrected chi connectivity index (χ4v) is 3.57. The van der Waals surface area contributed by atoms with E-state index >= 15 is 0 Å². The monoisotopic (exact) mass is 266 g/mol. The molecule has 2 unspecified atom stereocenters. The molecule has 2 fully saturated rings. The lowest BCUT2D eigenvalue weighted by atomic mass is 9.75. The van der Waals surface area contributed by atoms with Gasteiger partial charge in [0.1, 0.15) is 11.9 Å². The van der Waals surface area contributed by atoms with Gasteiger partial charge in [0, 0.05) is 5.92 Å². The molecule has 0 bridgehead atoms. The Hall–Kier alpha value is -0.860. The number of carbonyl (C=O) groups excluding carboxylic acids is 2. The van der Waals surface area contributed by atoms with Gasteiger partial charge >= 0.3 is 5.97 Å². The summed E-state index contributed by atoms with van der Waals surface area (Å²) in [6, 6.07) is 0. The number of carbonyl (C=O) groups is 2. The van der Waals surface area contributed by atoms with Gasteiger partial charge in [-0.05, 0) is 50.9 Å². The van der Waals surface area contributed by atoms with Crippen LogP contribution < -0.4 is 0 Å². The summed E-state index contributed by atoms with van der Waals surface area (Å²) in [6.45, 7) is 3.82. The number of ketones is 1. The number of ether oxygens (including phenoxy) is 1. The second-order valence-corrected chi connectivity index (χ2v) is 6.31. The Balaban J connectivity index is 1.66. The number of cyclic esters (lactones) is 1. The van der Waals surface area contributed by atoms with Gasteiger partial charge in [-0.2, -0.15) is 0 Å².